The van der Waals surface area contributed by atoms with Crippen molar-refractivity contribution >= 4 is 5.97 Å². The van der Waals surface area contributed by atoms with Crippen LogP contribution >= 0.6 is 0 Å². The molecule has 3 nitrogen and oxygen atoms in total. The van der Waals surface area contributed by atoms with E-state index in [2.05, 4.69) is 11.4 Å². The molecule has 9 heavy (non-hydrogen) atoms. The van der Waals surface area contributed by atoms with E-state index >= 15 is 0 Å². The lowest BCUT2D eigenvalue weighted by molar-refractivity contribution is -0.172. The van der Waals surface area contributed by atoms with Crippen molar-refractivity contribution in [3.63, 3.8) is 0 Å². The smallest absolute Gasteiger partial charge is 0.351 e. The zero-order valence-corrected chi connectivity index (χ0v) is 5.97. The molecule has 0 aromatic rings. The summed E-state index contributed by atoms with van der Waals surface area (Å²) in [6, 6.07) is 0. The molecule has 0 amide bonds. The highest BCUT2D eigenvalue weighted by Crippen LogP contribution is 1.91. The van der Waals surface area contributed by atoms with Crippen LogP contribution in [0.3, 0.4) is 0 Å². The second kappa shape index (κ2) is 3.25. The Morgan fingerprint density at radius 1 is 1.56 bits per heavy atom. The van der Waals surface area contributed by atoms with Crippen molar-refractivity contribution in [3.8, 4) is 0 Å². The minimum Gasteiger partial charge on any atom is -0.365 e. The first-order valence-electron chi connectivity index (χ1n) is 2.59. The summed E-state index contributed by atoms with van der Waals surface area (Å²) in [5, 5.41) is 1.33. The van der Waals surface area contributed by atoms with E-state index in [1.165, 1.54) is 5.06 Å². The molecule has 0 aromatic carbocycles. The van der Waals surface area contributed by atoms with Crippen LogP contribution in [0.15, 0.2) is 12.2 Å². The SMILES string of the molecule is C=C(C)C(=O)ON(C)C. The van der Waals surface area contributed by atoms with Crippen LogP contribution in [0.4, 0.5) is 0 Å². The second-order valence-electron chi connectivity index (χ2n) is 1.97. The molecule has 0 saturated heterocycles. The Morgan fingerprint density at radius 2 is 2.00 bits per heavy atom. The molecule has 0 aliphatic rings. The van der Waals surface area contributed by atoms with Crippen LogP contribution < -0.4 is 0 Å². The van der Waals surface area contributed by atoms with Gasteiger partial charge >= 0.3 is 5.97 Å². The lowest BCUT2D eigenvalue weighted by Gasteiger charge is -2.08. The minimum atomic E-state index is -0.389. The highest BCUT2D eigenvalue weighted by Gasteiger charge is 2.02. The van der Waals surface area contributed by atoms with E-state index in [4.69, 9.17) is 0 Å². The molecule has 0 aliphatic carbocycles. The molecular weight excluding hydrogens is 118 g/mol. The van der Waals surface area contributed by atoms with Crippen molar-refractivity contribution in [1.29, 1.82) is 0 Å². The topological polar surface area (TPSA) is 29.5 Å². The first-order valence-corrected chi connectivity index (χ1v) is 2.59. The summed E-state index contributed by atoms with van der Waals surface area (Å²) in [4.78, 5) is 15.2. The van der Waals surface area contributed by atoms with Crippen molar-refractivity contribution in [3.05, 3.63) is 12.2 Å². The number of carbonyl (C=O) groups excluding carboxylic acids is 1. The van der Waals surface area contributed by atoms with Gasteiger partial charge < -0.3 is 4.84 Å². The monoisotopic (exact) mass is 129 g/mol. The van der Waals surface area contributed by atoms with Crippen molar-refractivity contribution in [2.24, 2.45) is 0 Å². The van der Waals surface area contributed by atoms with Gasteiger partial charge in [-0.05, 0) is 6.92 Å². The summed E-state index contributed by atoms with van der Waals surface area (Å²) < 4.78 is 0. The third-order valence-corrected chi connectivity index (χ3v) is 0.614. The zero-order chi connectivity index (χ0) is 7.44. The van der Waals surface area contributed by atoms with E-state index in [1.54, 1.807) is 21.0 Å². The Kier molecular flexibility index (Phi) is 2.95. The van der Waals surface area contributed by atoms with Crippen molar-refractivity contribution in [2.75, 3.05) is 14.1 Å². The molecule has 0 rings (SSSR count). The molecule has 0 fully saturated rings. The standard InChI is InChI=1S/C6H11NO2/c1-5(2)6(8)9-7(3)4/h1H2,2-4H3. The molecule has 0 bridgehead atoms. The van der Waals surface area contributed by atoms with Crippen LogP contribution in [-0.2, 0) is 9.63 Å². The molecule has 0 unspecified atom stereocenters. The van der Waals surface area contributed by atoms with Crippen LogP contribution in [0.5, 0.6) is 0 Å². The quantitative estimate of drug-likeness (QED) is 0.403. The van der Waals surface area contributed by atoms with Gasteiger partial charge in [0.1, 0.15) is 0 Å². The number of rotatable bonds is 2. The summed E-state index contributed by atoms with van der Waals surface area (Å²) >= 11 is 0. The predicted octanol–water partition coefficient (Wildman–Crippen LogP) is 0.582. The molecule has 0 aromatic heterocycles. The molecule has 0 saturated carbocycles. The van der Waals surface area contributed by atoms with E-state index in [1.807, 2.05) is 0 Å². The minimum absolute atomic E-state index is 0.389. The van der Waals surface area contributed by atoms with Crippen LogP contribution in [0.1, 0.15) is 6.92 Å². The van der Waals surface area contributed by atoms with Gasteiger partial charge in [-0.3, -0.25) is 0 Å². The Bertz CT molecular complexity index is 129. The maximum absolute atomic E-state index is 10.6. The van der Waals surface area contributed by atoms with E-state index in [0.29, 0.717) is 5.57 Å². The van der Waals surface area contributed by atoms with Crippen LogP contribution in [-0.4, -0.2) is 25.1 Å². The number of nitrogens with zero attached hydrogens (tertiary/aromatic N) is 1. The number of hydroxylamine groups is 2. The lowest BCUT2D eigenvalue weighted by atomic mass is 10.4. The average molecular weight is 129 g/mol. The van der Waals surface area contributed by atoms with E-state index in [0.717, 1.165) is 0 Å². The summed E-state index contributed by atoms with van der Waals surface area (Å²) in [6.45, 7) is 5.01. The van der Waals surface area contributed by atoms with E-state index in [-0.39, 0.29) is 5.97 Å². The van der Waals surface area contributed by atoms with E-state index in [9.17, 15) is 4.79 Å². The van der Waals surface area contributed by atoms with Gasteiger partial charge in [0, 0.05) is 19.7 Å². The fraction of sp³-hybridized carbons (Fsp3) is 0.500. The summed E-state index contributed by atoms with van der Waals surface area (Å²) in [5.74, 6) is -0.389. The number of hydrogen-bond acceptors (Lipinski definition) is 3. The normalized spacial score (nSPS) is 9.33. The van der Waals surface area contributed by atoms with Gasteiger partial charge in [-0.15, -0.1) is 5.06 Å². The Morgan fingerprint density at radius 3 is 2.11 bits per heavy atom. The third-order valence-electron chi connectivity index (χ3n) is 0.614. The largest absolute Gasteiger partial charge is 0.365 e. The molecule has 0 aliphatic heterocycles. The predicted molar refractivity (Wildman–Crippen MR) is 34.6 cm³/mol. The average Bonchev–Trinajstić information content (AvgIpc) is 1.63. The van der Waals surface area contributed by atoms with Crippen LogP contribution in [0.2, 0.25) is 0 Å². The Balaban J connectivity index is 3.65. The third kappa shape index (κ3) is 3.73. The van der Waals surface area contributed by atoms with Crippen molar-refractivity contribution in [1.82, 2.24) is 5.06 Å². The molecule has 0 atom stereocenters. The Hall–Kier alpha value is -0.830. The highest BCUT2D eigenvalue weighted by molar-refractivity contribution is 5.86. The van der Waals surface area contributed by atoms with Crippen molar-refractivity contribution < 1.29 is 9.63 Å². The van der Waals surface area contributed by atoms with Gasteiger partial charge in [-0.1, -0.05) is 6.58 Å². The first-order chi connectivity index (χ1) is 4.04. The maximum atomic E-state index is 10.6. The molecule has 0 radical (unpaired) electrons. The molecule has 3 heteroatoms. The molecule has 0 N–H and O–H groups in total. The van der Waals surface area contributed by atoms with Crippen LogP contribution in [0.25, 0.3) is 0 Å². The molecule has 0 spiro atoms. The zero-order valence-electron chi connectivity index (χ0n) is 5.97. The lowest BCUT2D eigenvalue weighted by Crippen LogP contribution is -2.18. The van der Waals surface area contributed by atoms with Gasteiger partial charge in [-0.2, -0.15) is 0 Å². The van der Waals surface area contributed by atoms with Crippen LogP contribution in [0, 0.1) is 0 Å². The second-order valence-corrected chi connectivity index (χ2v) is 1.97. The van der Waals surface area contributed by atoms with Gasteiger partial charge in [0.05, 0.1) is 0 Å². The summed E-state index contributed by atoms with van der Waals surface area (Å²) in [7, 11) is 3.28. The Labute approximate surface area is 54.9 Å². The van der Waals surface area contributed by atoms with Gasteiger partial charge in [0.2, 0.25) is 0 Å². The van der Waals surface area contributed by atoms with Gasteiger partial charge in [0.25, 0.3) is 0 Å². The van der Waals surface area contributed by atoms with Gasteiger partial charge in [-0.25, -0.2) is 4.79 Å². The number of carbonyl (C=O) groups is 1. The van der Waals surface area contributed by atoms with Crippen molar-refractivity contribution in [2.45, 2.75) is 6.92 Å². The molecule has 52 valence electrons. The summed E-state index contributed by atoms with van der Waals surface area (Å²) in [6.07, 6.45) is 0. The summed E-state index contributed by atoms with van der Waals surface area (Å²) in [5.41, 5.74) is 0.406. The number of hydrogen-bond donors (Lipinski definition) is 0. The molecule has 0 heterocycles. The van der Waals surface area contributed by atoms with E-state index < -0.39 is 0 Å². The highest BCUT2D eigenvalue weighted by atomic mass is 16.7. The maximum Gasteiger partial charge on any atom is 0.351 e. The van der Waals surface area contributed by atoms with Gasteiger partial charge in [0.15, 0.2) is 0 Å². The fourth-order valence-electron chi connectivity index (χ4n) is 0.244. The first kappa shape index (κ1) is 8.17. The fourth-order valence-corrected chi connectivity index (χ4v) is 0.244. The molecular formula is C6H11NO2.